The largest absolute Gasteiger partial charge is 0.344 e. The van der Waals surface area contributed by atoms with Crippen LogP contribution in [-0.4, -0.2) is 4.57 Å². The van der Waals surface area contributed by atoms with Gasteiger partial charge in [-0.3, -0.25) is 0 Å². The molecule has 0 N–H and O–H groups in total. The zero-order chi connectivity index (χ0) is 114. The molecule has 0 saturated carbocycles. The molecular weight excluding hydrogens is 1780 g/mol. The van der Waals surface area contributed by atoms with Crippen LogP contribution >= 0.6 is 0 Å². The first-order valence-corrected chi connectivity index (χ1v) is 56.7. The Morgan fingerprint density at radius 3 is 0.453 bits per heavy atom. The third kappa shape index (κ3) is 85.2. The summed E-state index contributed by atoms with van der Waals surface area (Å²) in [6.07, 6.45) is 0. The molecule has 1 aliphatic rings. The molecule has 0 spiro atoms. The van der Waals surface area contributed by atoms with Crippen molar-refractivity contribution in [2.24, 2.45) is 7.05 Å². The molecule has 854 valence electrons. The Bertz CT molecular complexity index is 4320. The lowest BCUT2D eigenvalue weighted by Crippen LogP contribution is -2.15. The maximum absolute atomic E-state index is 2.34. The van der Waals surface area contributed by atoms with Crippen LogP contribution in [-0.2, 0) is 12.5 Å². The summed E-state index contributed by atoms with van der Waals surface area (Å²) in [5.41, 5.74) is 24.1. The van der Waals surface area contributed by atoms with E-state index < -0.39 is 0 Å². The Balaban J connectivity index is -0.0000000547. The second-order valence-corrected chi connectivity index (χ2v) is 24.2. The van der Waals surface area contributed by atoms with Gasteiger partial charge < -0.3 is 4.57 Å². The minimum atomic E-state index is 0. The third-order valence-corrected chi connectivity index (χ3v) is 16.8. The second kappa shape index (κ2) is 157. The van der Waals surface area contributed by atoms with E-state index in [-0.39, 0.29) is 57.4 Å². The Morgan fingerprint density at radius 2 is 0.284 bits per heavy atom. The van der Waals surface area contributed by atoms with E-state index in [0.29, 0.717) is 0 Å². The lowest BCUT2D eigenvalue weighted by atomic mass is 9.81. The third-order valence-electron chi connectivity index (χ3n) is 16.8. The first-order chi connectivity index (χ1) is 69.3. The Hall–Kier alpha value is -10.6. The monoisotopic (exact) mass is 2040 g/mol. The van der Waals surface area contributed by atoms with Crippen molar-refractivity contribution in [1.29, 1.82) is 0 Å². The number of aryl methyl sites for hydroxylation is 7. The number of hydrogen-bond donors (Lipinski definition) is 0. The lowest BCUT2D eigenvalue weighted by molar-refractivity contribution is 0.659. The first-order valence-electron chi connectivity index (χ1n) is 56.7. The molecule has 0 aliphatic heterocycles. The standard InChI is InChI=1S/C18H14.C17H18.C15H15N.C12H10.2C10H8.C8H10.25C2H6.7CH4/c1-3-7-15(8-4-1)17-11-13-18(14-12-17)16-9-5-2-6-10-16;1-11-5-7-13-14-8-6-12(2)10-16(14)17(3,4)15(13)9-11;1-10-4-6-12-13-7-5-11(2)9-15(13)16(3)14(12)8-10;1-3-7-11(8-4-1)12-9-5-2-6-10-12;2*1-2-6-10-8-4-3-7-9(10)5-1;1-7-3-5-8(2)6-4-7;25*1-2;;;;;;;/h1-14H;5-10H,1-4H3;4-9H,1-3H3;1-10H;2*1-8H;3-6H,1-2H3;25*1-2H3;7*1H4. The molecular formula is C147H261N. The van der Waals surface area contributed by atoms with Crippen molar-refractivity contribution in [2.45, 2.75) is 459 Å². The normalized spacial score (nSPS) is 7.91. The van der Waals surface area contributed by atoms with Gasteiger partial charge in [0.05, 0.1) is 0 Å². The highest BCUT2D eigenvalue weighted by Gasteiger charge is 2.35. The summed E-state index contributed by atoms with van der Waals surface area (Å²) < 4.78 is 2.28. The highest BCUT2D eigenvalue weighted by Crippen LogP contribution is 2.49. The van der Waals surface area contributed by atoms with Gasteiger partial charge in [-0.05, 0) is 142 Å². The van der Waals surface area contributed by atoms with E-state index in [0.717, 1.165) is 0 Å². The summed E-state index contributed by atoms with van der Waals surface area (Å²) in [6.45, 7) is 117. The van der Waals surface area contributed by atoms with Crippen LogP contribution in [0.15, 0.2) is 340 Å². The van der Waals surface area contributed by atoms with Crippen LogP contribution in [0, 0.1) is 41.5 Å². The second-order valence-electron chi connectivity index (χ2n) is 24.2. The number of aromatic nitrogens is 1. The first kappa shape index (κ1) is 195. The van der Waals surface area contributed by atoms with Crippen LogP contribution < -0.4 is 0 Å². The molecule has 1 heterocycles. The van der Waals surface area contributed by atoms with Crippen LogP contribution in [0.5, 0.6) is 0 Å². The number of hydrogen-bond acceptors (Lipinski definition) is 0. The Labute approximate surface area is 936 Å². The smallest absolute Gasteiger partial charge is 0.0491 e. The summed E-state index contributed by atoms with van der Waals surface area (Å²) in [7, 11) is 2.14. The molecule has 15 aromatic rings. The molecule has 0 radical (unpaired) electrons. The van der Waals surface area contributed by atoms with Gasteiger partial charge in [0.2, 0.25) is 0 Å². The molecule has 0 atom stereocenters. The topological polar surface area (TPSA) is 4.93 Å². The van der Waals surface area contributed by atoms with Crippen LogP contribution in [0.3, 0.4) is 0 Å². The van der Waals surface area contributed by atoms with Gasteiger partial charge in [-0.25, -0.2) is 0 Å². The molecule has 0 saturated heterocycles. The Morgan fingerprint density at radius 1 is 0.149 bits per heavy atom. The zero-order valence-corrected chi connectivity index (χ0v) is 104. The summed E-state index contributed by atoms with van der Waals surface area (Å²) in [4.78, 5) is 0. The van der Waals surface area contributed by atoms with Gasteiger partial charge in [0.15, 0.2) is 0 Å². The van der Waals surface area contributed by atoms with Crippen LogP contribution in [0.25, 0.3) is 87.9 Å². The predicted molar refractivity (Wildman–Crippen MR) is 727 cm³/mol. The van der Waals surface area contributed by atoms with Crippen LogP contribution in [0.4, 0.5) is 0 Å². The van der Waals surface area contributed by atoms with Gasteiger partial charge in [0.25, 0.3) is 0 Å². The van der Waals surface area contributed by atoms with Gasteiger partial charge in [0, 0.05) is 34.3 Å². The van der Waals surface area contributed by atoms with Gasteiger partial charge in [0.1, 0.15) is 0 Å². The quantitative estimate of drug-likeness (QED) is 0.166. The van der Waals surface area contributed by atoms with Crippen molar-refractivity contribution in [3.05, 3.63) is 384 Å². The fourth-order valence-corrected chi connectivity index (χ4v) is 11.7. The molecule has 1 aliphatic carbocycles. The van der Waals surface area contributed by atoms with Crippen molar-refractivity contribution >= 4 is 43.4 Å². The molecule has 1 heteroatoms. The number of fused-ring (bicyclic) bond motifs is 8. The molecule has 14 aromatic carbocycles. The molecule has 1 aromatic heterocycles. The highest BCUT2D eigenvalue weighted by molar-refractivity contribution is 6.08. The van der Waals surface area contributed by atoms with Gasteiger partial charge in [-0.2, -0.15) is 0 Å². The fourth-order valence-electron chi connectivity index (χ4n) is 11.7. The SMILES string of the molecule is C.C.C.C.C.C.C.CC.CC.CC.CC.CC.CC.CC.CC.CC.CC.CC.CC.CC.CC.CC.CC.CC.CC.CC.CC.CC.CC.CC.CC.CC.Cc1ccc(C)cc1.Cc1ccc2c(c1)C(C)(C)c1cc(C)ccc1-2.Cc1ccc2c3ccc(C)cc3n(C)c2c1.c1ccc(-c2ccc(-c3ccccc3)cc2)cc1.c1ccc(-c2ccccc2)cc1.c1ccc2ccccc2c1.c1ccc2ccccc2c1. The minimum absolute atomic E-state index is 0. The lowest BCUT2D eigenvalue weighted by Gasteiger charge is -2.22. The summed E-state index contributed by atoms with van der Waals surface area (Å²) in [6, 6.07) is 119. The average molecular weight is 2040 g/mol. The van der Waals surface area contributed by atoms with Crippen molar-refractivity contribution in [3.8, 4) is 44.5 Å². The van der Waals surface area contributed by atoms with Crippen LogP contribution in [0.1, 0.15) is 457 Å². The molecule has 148 heavy (non-hydrogen) atoms. The fraction of sp³-hybridized carbons (Fsp3) is 0.456. The van der Waals surface area contributed by atoms with Gasteiger partial charge in [-0.15, -0.1) is 0 Å². The molecule has 0 fully saturated rings. The van der Waals surface area contributed by atoms with Crippen molar-refractivity contribution in [3.63, 3.8) is 0 Å². The minimum Gasteiger partial charge on any atom is -0.344 e. The number of nitrogens with zero attached hydrogens (tertiary/aromatic N) is 1. The maximum Gasteiger partial charge on any atom is 0.0491 e. The highest BCUT2D eigenvalue weighted by atomic mass is 14.9. The molecule has 0 unspecified atom stereocenters. The maximum atomic E-state index is 2.34. The summed E-state index contributed by atoms with van der Waals surface area (Å²) in [5, 5.41) is 7.94. The van der Waals surface area contributed by atoms with Gasteiger partial charge >= 0.3 is 0 Å². The predicted octanol–water partition coefficient (Wildman–Crippen LogP) is 55.0. The number of rotatable bonds is 3. The van der Waals surface area contributed by atoms with E-state index in [2.05, 4.69) is 382 Å². The molecule has 16 rings (SSSR count). The van der Waals surface area contributed by atoms with E-state index in [1.54, 1.807) is 0 Å². The zero-order valence-electron chi connectivity index (χ0n) is 104. The Kier molecular flexibility index (Phi) is 207. The van der Waals surface area contributed by atoms with E-state index in [1.807, 2.05) is 370 Å². The van der Waals surface area contributed by atoms with Crippen molar-refractivity contribution in [2.75, 3.05) is 0 Å². The molecule has 1 nitrogen and oxygen atoms in total. The van der Waals surface area contributed by atoms with Gasteiger partial charge in [-0.1, -0.05) is 762 Å². The average Bonchev–Trinajstić information content (AvgIpc) is 1.58. The van der Waals surface area contributed by atoms with E-state index >= 15 is 0 Å². The van der Waals surface area contributed by atoms with Crippen LogP contribution in [0.2, 0.25) is 0 Å². The summed E-state index contributed by atoms with van der Waals surface area (Å²) in [5.74, 6) is 0. The van der Waals surface area contributed by atoms with E-state index in [4.69, 9.17) is 0 Å². The number of benzene rings is 14. The summed E-state index contributed by atoms with van der Waals surface area (Å²) >= 11 is 0. The van der Waals surface area contributed by atoms with Crippen molar-refractivity contribution in [1.82, 2.24) is 4.57 Å². The van der Waals surface area contributed by atoms with E-state index in [9.17, 15) is 0 Å². The molecule has 0 amide bonds. The van der Waals surface area contributed by atoms with E-state index in [1.165, 1.54) is 132 Å². The van der Waals surface area contributed by atoms with Crippen molar-refractivity contribution < 1.29 is 0 Å². The molecule has 0 bridgehead atoms.